The molecule has 2 aromatic heterocycles. The number of hydrogen-bond donors (Lipinski definition) is 1. The molecule has 0 bridgehead atoms. The molecule has 3 aliphatic heterocycles. The van der Waals surface area contributed by atoms with Crippen molar-refractivity contribution in [1.29, 1.82) is 0 Å². The number of aromatic amines is 1. The summed E-state index contributed by atoms with van der Waals surface area (Å²) in [5.41, 5.74) is 5.85. The van der Waals surface area contributed by atoms with Gasteiger partial charge in [-0.1, -0.05) is 25.1 Å². The molecule has 0 aliphatic carbocycles. The molecule has 1 amide bonds. The van der Waals surface area contributed by atoms with Gasteiger partial charge in [0.25, 0.3) is 11.5 Å². The van der Waals surface area contributed by atoms with Crippen molar-refractivity contribution >= 4 is 33.4 Å². The van der Waals surface area contributed by atoms with Crippen LogP contribution in [0.3, 0.4) is 0 Å². The van der Waals surface area contributed by atoms with Crippen molar-refractivity contribution in [3.63, 3.8) is 0 Å². The molecule has 5 heterocycles. The number of aryl methyl sites for hydroxylation is 1. The zero-order valence-electron chi connectivity index (χ0n) is 24.9. The molecule has 0 spiro atoms. The second-order valence-electron chi connectivity index (χ2n) is 12.8. The van der Waals surface area contributed by atoms with Crippen LogP contribution in [-0.4, -0.2) is 64.5 Å². The van der Waals surface area contributed by atoms with Crippen LogP contribution in [0.25, 0.3) is 21.8 Å². The lowest BCUT2D eigenvalue weighted by Crippen LogP contribution is -2.41. The predicted molar refractivity (Wildman–Crippen MR) is 166 cm³/mol. The van der Waals surface area contributed by atoms with Gasteiger partial charge in [0, 0.05) is 55.5 Å². The Kier molecular flexibility index (Phi) is 7.05. The summed E-state index contributed by atoms with van der Waals surface area (Å²) in [5.74, 6) is 1.03. The minimum Gasteiger partial charge on any atom is -0.381 e. The lowest BCUT2D eigenvalue weighted by Gasteiger charge is -2.31. The molecule has 4 aromatic rings. The number of benzene rings is 2. The molecule has 2 aromatic carbocycles. The van der Waals surface area contributed by atoms with Gasteiger partial charge >= 0.3 is 0 Å². The van der Waals surface area contributed by atoms with Gasteiger partial charge in [0.05, 0.1) is 28.7 Å². The van der Waals surface area contributed by atoms with Crippen LogP contribution < -0.4 is 10.5 Å². The van der Waals surface area contributed by atoms with E-state index in [1.807, 2.05) is 23.7 Å². The van der Waals surface area contributed by atoms with Crippen LogP contribution in [0.5, 0.6) is 0 Å². The van der Waals surface area contributed by atoms with E-state index in [1.54, 1.807) is 6.20 Å². The van der Waals surface area contributed by atoms with E-state index in [1.165, 1.54) is 11.3 Å². The fourth-order valence-electron chi connectivity index (χ4n) is 7.62. The molecular weight excluding hydrogens is 526 g/mol. The number of aromatic nitrogens is 3. The number of nitrogens with one attached hydrogen (secondary N) is 1. The van der Waals surface area contributed by atoms with Gasteiger partial charge in [0.1, 0.15) is 0 Å². The monoisotopic (exact) mass is 567 g/mol. The Balaban J connectivity index is 1.19. The van der Waals surface area contributed by atoms with E-state index < -0.39 is 0 Å². The SMILES string of the molecule is Cc1cc2[nH]c(=O)c3cnn(C4CCOCC4)c3c2cc1C(=O)N1CCC(CN2CCc3ccccc32)CC(C)C1C. The molecule has 2 fully saturated rings. The van der Waals surface area contributed by atoms with Gasteiger partial charge in [-0.05, 0) is 87.1 Å². The number of carbonyl (C=O) groups is 1. The maximum Gasteiger partial charge on any atom is 0.259 e. The Bertz CT molecular complexity index is 1700. The first-order chi connectivity index (χ1) is 20.4. The molecule has 42 heavy (non-hydrogen) atoms. The normalized spacial score (nSPS) is 23.5. The van der Waals surface area contributed by atoms with Crippen molar-refractivity contribution in [2.45, 2.75) is 65.0 Å². The molecule has 0 radical (unpaired) electrons. The molecule has 2 saturated heterocycles. The maximum absolute atomic E-state index is 14.3. The average molecular weight is 568 g/mol. The first kappa shape index (κ1) is 27.2. The van der Waals surface area contributed by atoms with Crippen molar-refractivity contribution in [2.75, 3.05) is 37.7 Å². The van der Waals surface area contributed by atoms with Crippen molar-refractivity contribution in [2.24, 2.45) is 11.8 Å². The van der Waals surface area contributed by atoms with Gasteiger partial charge in [-0.25, -0.2) is 0 Å². The topological polar surface area (TPSA) is 83.5 Å². The van der Waals surface area contributed by atoms with Gasteiger partial charge in [0.2, 0.25) is 0 Å². The molecule has 220 valence electrons. The number of amides is 1. The summed E-state index contributed by atoms with van der Waals surface area (Å²) in [7, 11) is 0. The van der Waals surface area contributed by atoms with Crippen LogP contribution in [0.2, 0.25) is 0 Å². The third kappa shape index (κ3) is 4.70. The molecule has 7 rings (SSSR count). The number of pyridine rings is 1. The second kappa shape index (κ2) is 10.9. The number of hydrogen-bond acceptors (Lipinski definition) is 5. The Labute approximate surface area is 246 Å². The van der Waals surface area contributed by atoms with Crippen LogP contribution in [0.1, 0.15) is 67.1 Å². The lowest BCUT2D eigenvalue weighted by molar-refractivity contribution is 0.0659. The van der Waals surface area contributed by atoms with Crippen LogP contribution in [0.4, 0.5) is 5.69 Å². The highest BCUT2D eigenvalue weighted by Crippen LogP contribution is 2.34. The third-order valence-electron chi connectivity index (χ3n) is 10.2. The average Bonchev–Trinajstić information content (AvgIpc) is 3.59. The Morgan fingerprint density at radius 1 is 1.07 bits per heavy atom. The Morgan fingerprint density at radius 2 is 1.88 bits per heavy atom. The van der Waals surface area contributed by atoms with Gasteiger partial charge in [0.15, 0.2) is 0 Å². The van der Waals surface area contributed by atoms with E-state index in [0.717, 1.165) is 73.7 Å². The summed E-state index contributed by atoms with van der Waals surface area (Å²) >= 11 is 0. The number of ether oxygens (including phenoxy) is 1. The Morgan fingerprint density at radius 3 is 2.71 bits per heavy atom. The highest BCUT2D eigenvalue weighted by atomic mass is 16.5. The number of para-hydroxylation sites is 1. The Hall–Kier alpha value is -3.65. The smallest absolute Gasteiger partial charge is 0.259 e. The minimum absolute atomic E-state index is 0.0809. The van der Waals surface area contributed by atoms with Crippen molar-refractivity contribution in [3.8, 4) is 0 Å². The molecule has 3 atom stereocenters. The first-order valence-corrected chi connectivity index (χ1v) is 15.6. The van der Waals surface area contributed by atoms with Gasteiger partial charge in [-0.2, -0.15) is 5.10 Å². The number of fused-ring (bicyclic) bond motifs is 4. The lowest BCUT2D eigenvalue weighted by atomic mass is 9.90. The van der Waals surface area contributed by atoms with E-state index in [0.29, 0.717) is 36.0 Å². The van der Waals surface area contributed by atoms with E-state index in [-0.39, 0.29) is 23.6 Å². The van der Waals surface area contributed by atoms with Crippen LogP contribution >= 0.6 is 0 Å². The number of rotatable bonds is 4. The summed E-state index contributed by atoms with van der Waals surface area (Å²) in [4.78, 5) is 35.0. The van der Waals surface area contributed by atoms with Crippen LogP contribution in [-0.2, 0) is 11.2 Å². The number of H-pyrrole nitrogens is 1. The molecule has 8 heteroatoms. The quantitative estimate of drug-likeness (QED) is 0.353. The highest BCUT2D eigenvalue weighted by Gasteiger charge is 2.33. The zero-order chi connectivity index (χ0) is 29.0. The van der Waals surface area contributed by atoms with Crippen molar-refractivity contribution < 1.29 is 9.53 Å². The van der Waals surface area contributed by atoms with E-state index in [9.17, 15) is 9.59 Å². The fourth-order valence-corrected chi connectivity index (χ4v) is 7.62. The molecule has 0 saturated carbocycles. The maximum atomic E-state index is 14.3. The van der Waals surface area contributed by atoms with Gasteiger partial charge < -0.3 is 19.5 Å². The molecule has 3 unspecified atom stereocenters. The summed E-state index contributed by atoms with van der Waals surface area (Å²) in [6, 6.07) is 13.1. The third-order valence-corrected chi connectivity index (χ3v) is 10.2. The predicted octanol–water partition coefficient (Wildman–Crippen LogP) is 5.48. The minimum atomic E-state index is -0.143. The van der Waals surface area contributed by atoms with E-state index in [2.05, 4.69) is 58.0 Å². The summed E-state index contributed by atoms with van der Waals surface area (Å²) in [6.07, 6.45) is 6.62. The fraction of sp³-hybridized carbons (Fsp3) is 0.500. The molecule has 3 aliphatic rings. The van der Waals surface area contributed by atoms with E-state index >= 15 is 0 Å². The van der Waals surface area contributed by atoms with Crippen molar-refractivity contribution in [3.05, 3.63) is 69.6 Å². The number of likely N-dealkylation sites (tertiary alicyclic amines) is 1. The summed E-state index contributed by atoms with van der Waals surface area (Å²) in [5, 5.41) is 6.10. The van der Waals surface area contributed by atoms with Crippen LogP contribution in [0, 0.1) is 18.8 Å². The zero-order valence-corrected chi connectivity index (χ0v) is 24.9. The molecule has 8 nitrogen and oxygen atoms in total. The molecule has 1 N–H and O–H groups in total. The second-order valence-corrected chi connectivity index (χ2v) is 12.8. The largest absolute Gasteiger partial charge is 0.381 e. The number of carbonyl (C=O) groups excluding carboxylic acids is 1. The van der Waals surface area contributed by atoms with Gasteiger partial charge in [-0.3, -0.25) is 14.3 Å². The number of nitrogens with zero attached hydrogens (tertiary/aromatic N) is 4. The first-order valence-electron chi connectivity index (χ1n) is 15.6. The summed E-state index contributed by atoms with van der Waals surface area (Å²) < 4.78 is 7.58. The van der Waals surface area contributed by atoms with Crippen LogP contribution in [0.15, 0.2) is 47.4 Å². The standard InChI is InChI=1S/C34H41N5O3/c1-21-16-24(20-37-12-9-25-6-4-5-7-31(25)37)8-13-38(23(21)3)34(41)27-18-28-30(17-22(27)2)36-33(40)29-19-35-39(32(28)29)26-10-14-42-15-11-26/h4-7,17-19,21,23-24,26H,8-16,20H2,1-3H3,(H,36,40). The highest BCUT2D eigenvalue weighted by molar-refractivity contribution is 6.07. The molecular formula is C34H41N5O3. The van der Waals surface area contributed by atoms with Crippen molar-refractivity contribution in [1.82, 2.24) is 19.7 Å². The number of anilines is 1. The summed E-state index contributed by atoms with van der Waals surface area (Å²) in [6.45, 7) is 10.7. The van der Waals surface area contributed by atoms with Gasteiger partial charge in [-0.15, -0.1) is 0 Å². The van der Waals surface area contributed by atoms with E-state index in [4.69, 9.17) is 4.74 Å².